The Balaban J connectivity index is 2.08. The Morgan fingerprint density at radius 3 is 2.28 bits per heavy atom. The number of hydrogen-bond donors (Lipinski definition) is 1. The average molecular weight is 237 g/mol. The van der Waals surface area contributed by atoms with Gasteiger partial charge in [0, 0.05) is 12.1 Å². The second-order valence-electron chi connectivity index (χ2n) is 4.01. The first-order valence-corrected chi connectivity index (χ1v) is 5.86. The third-order valence-corrected chi connectivity index (χ3v) is 2.70. The van der Waals surface area contributed by atoms with Crippen molar-refractivity contribution in [2.75, 3.05) is 0 Å². The Kier molecular flexibility index (Phi) is 4.05. The van der Waals surface area contributed by atoms with Gasteiger partial charge in [-0.3, -0.25) is 4.79 Å². The summed E-state index contributed by atoms with van der Waals surface area (Å²) in [6, 6.07) is 17.1. The minimum absolute atomic E-state index is 0.0125. The molecular formula is C16H15NO. The van der Waals surface area contributed by atoms with E-state index in [1.807, 2.05) is 60.7 Å². The molecule has 0 amide bonds. The molecule has 0 aliphatic rings. The van der Waals surface area contributed by atoms with Crippen LogP contribution >= 0.6 is 0 Å². The summed E-state index contributed by atoms with van der Waals surface area (Å²) < 4.78 is 0. The van der Waals surface area contributed by atoms with Gasteiger partial charge >= 0.3 is 0 Å². The van der Waals surface area contributed by atoms with Crippen LogP contribution in [0.2, 0.25) is 0 Å². The number of rotatable bonds is 4. The Labute approximate surface area is 107 Å². The van der Waals surface area contributed by atoms with Gasteiger partial charge in [-0.2, -0.15) is 0 Å². The van der Waals surface area contributed by atoms with Crippen molar-refractivity contribution in [1.29, 1.82) is 0 Å². The Bertz CT molecular complexity index is 541. The zero-order valence-electron chi connectivity index (χ0n) is 10.0. The normalized spacial score (nSPS) is 10.7. The number of ketones is 1. The van der Waals surface area contributed by atoms with Crippen molar-refractivity contribution in [3.05, 3.63) is 77.4 Å². The van der Waals surface area contributed by atoms with Crippen LogP contribution in [0.5, 0.6) is 0 Å². The van der Waals surface area contributed by atoms with E-state index in [0.29, 0.717) is 12.1 Å². The summed E-state index contributed by atoms with van der Waals surface area (Å²) in [4.78, 5) is 11.8. The average Bonchev–Trinajstić information content (AvgIpc) is 2.46. The van der Waals surface area contributed by atoms with Crippen LogP contribution in [-0.4, -0.2) is 5.78 Å². The van der Waals surface area contributed by atoms with Crippen LogP contribution < -0.4 is 5.73 Å². The van der Waals surface area contributed by atoms with Crippen LogP contribution in [0.1, 0.15) is 21.5 Å². The third-order valence-electron chi connectivity index (χ3n) is 2.70. The maximum absolute atomic E-state index is 11.8. The molecule has 18 heavy (non-hydrogen) atoms. The van der Waals surface area contributed by atoms with E-state index in [4.69, 9.17) is 5.73 Å². The summed E-state index contributed by atoms with van der Waals surface area (Å²) in [6.45, 7) is 0.535. The molecule has 0 aliphatic heterocycles. The summed E-state index contributed by atoms with van der Waals surface area (Å²) in [5.41, 5.74) is 8.31. The minimum atomic E-state index is 0.0125. The number of nitrogens with two attached hydrogens (primary N) is 1. The molecule has 2 aromatic rings. The van der Waals surface area contributed by atoms with Crippen LogP contribution in [0, 0.1) is 0 Å². The van der Waals surface area contributed by atoms with Gasteiger partial charge in [-0.05, 0) is 17.2 Å². The van der Waals surface area contributed by atoms with Gasteiger partial charge in [0.2, 0.25) is 0 Å². The van der Waals surface area contributed by atoms with E-state index in [1.165, 1.54) is 0 Å². The molecule has 2 nitrogen and oxygen atoms in total. The van der Waals surface area contributed by atoms with Crippen molar-refractivity contribution < 1.29 is 4.79 Å². The lowest BCUT2D eigenvalue weighted by Crippen LogP contribution is -1.95. The Hall–Kier alpha value is -2.19. The van der Waals surface area contributed by atoms with Gasteiger partial charge < -0.3 is 5.73 Å². The second kappa shape index (κ2) is 5.94. The molecule has 0 spiro atoms. The molecule has 90 valence electrons. The van der Waals surface area contributed by atoms with Crippen LogP contribution in [0.3, 0.4) is 0 Å². The first kappa shape index (κ1) is 12.3. The van der Waals surface area contributed by atoms with E-state index < -0.39 is 0 Å². The van der Waals surface area contributed by atoms with Crippen LogP contribution in [0.25, 0.3) is 6.08 Å². The lowest BCUT2D eigenvalue weighted by atomic mass is 10.1. The van der Waals surface area contributed by atoms with Crippen molar-refractivity contribution >= 4 is 11.9 Å². The van der Waals surface area contributed by atoms with Crippen molar-refractivity contribution in [1.82, 2.24) is 0 Å². The molecule has 0 aliphatic carbocycles. The summed E-state index contributed by atoms with van der Waals surface area (Å²) in [7, 11) is 0. The van der Waals surface area contributed by atoms with Gasteiger partial charge in [0.05, 0.1) is 0 Å². The molecule has 0 aromatic heterocycles. The van der Waals surface area contributed by atoms with Crippen molar-refractivity contribution in [3.63, 3.8) is 0 Å². The predicted octanol–water partition coefficient (Wildman–Crippen LogP) is 3.04. The first-order chi connectivity index (χ1) is 8.79. The quantitative estimate of drug-likeness (QED) is 0.656. The molecule has 2 rings (SSSR count). The van der Waals surface area contributed by atoms with Gasteiger partial charge in [0.15, 0.2) is 5.78 Å². The second-order valence-corrected chi connectivity index (χ2v) is 4.01. The van der Waals surface area contributed by atoms with E-state index in [2.05, 4.69) is 0 Å². The molecule has 2 aromatic carbocycles. The molecule has 0 bridgehead atoms. The molecular weight excluding hydrogens is 222 g/mol. The highest BCUT2D eigenvalue weighted by molar-refractivity contribution is 6.06. The van der Waals surface area contributed by atoms with E-state index >= 15 is 0 Å². The van der Waals surface area contributed by atoms with Gasteiger partial charge in [-0.1, -0.05) is 60.7 Å². The highest BCUT2D eigenvalue weighted by Crippen LogP contribution is 2.07. The number of carbonyl (C=O) groups excluding carboxylic acids is 1. The molecule has 0 heterocycles. The number of allylic oxidation sites excluding steroid dienone is 1. The van der Waals surface area contributed by atoms with E-state index in [9.17, 15) is 4.79 Å². The van der Waals surface area contributed by atoms with Gasteiger partial charge in [-0.15, -0.1) is 0 Å². The molecule has 0 fully saturated rings. The van der Waals surface area contributed by atoms with Crippen molar-refractivity contribution in [3.8, 4) is 0 Å². The SMILES string of the molecule is NCc1ccc(C=CC(=O)c2ccccc2)cc1. The largest absolute Gasteiger partial charge is 0.326 e. The number of hydrogen-bond acceptors (Lipinski definition) is 2. The lowest BCUT2D eigenvalue weighted by Gasteiger charge is -1.97. The van der Waals surface area contributed by atoms with Crippen LogP contribution in [0.15, 0.2) is 60.7 Å². The fourth-order valence-electron chi connectivity index (χ4n) is 1.64. The molecule has 0 unspecified atom stereocenters. The highest BCUT2D eigenvalue weighted by atomic mass is 16.1. The van der Waals surface area contributed by atoms with Gasteiger partial charge in [0.1, 0.15) is 0 Å². The van der Waals surface area contributed by atoms with E-state index in [1.54, 1.807) is 6.08 Å². The van der Waals surface area contributed by atoms with Gasteiger partial charge in [0.25, 0.3) is 0 Å². The van der Waals surface area contributed by atoms with E-state index in [-0.39, 0.29) is 5.78 Å². The Morgan fingerprint density at radius 1 is 1.00 bits per heavy atom. The zero-order valence-corrected chi connectivity index (χ0v) is 10.0. The van der Waals surface area contributed by atoms with Crippen molar-refractivity contribution in [2.24, 2.45) is 5.73 Å². The monoisotopic (exact) mass is 237 g/mol. The summed E-state index contributed by atoms with van der Waals surface area (Å²) >= 11 is 0. The van der Waals surface area contributed by atoms with Gasteiger partial charge in [-0.25, -0.2) is 0 Å². The van der Waals surface area contributed by atoms with Crippen molar-refractivity contribution in [2.45, 2.75) is 6.54 Å². The van der Waals surface area contributed by atoms with Crippen LogP contribution in [0.4, 0.5) is 0 Å². The maximum atomic E-state index is 11.8. The zero-order chi connectivity index (χ0) is 12.8. The molecule has 2 N–H and O–H groups in total. The summed E-state index contributed by atoms with van der Waals surface area (Å²) in [5, 5.41) is 0. The van der Waals surface area contributed by atoms with Crippen LogP contribution in [-0.2, 0) is 6.54 Å². The highest BCUT2D eigenvalue weighted by Gasteiger charge is 1.99. The minimum Gasteiger partial charge on any atom is -0.326 e. The predicted molar refractivity (Wildman–Crippen MR) is 74.1 cm³/mol. The molecule has 0 saturated carbocycles. The number of benzene rings is 2. The lowest BCUT2D eigenvalue weighted by molar-refractivity contribution is 0.104. The summed E-state index contributed by atoms with van der Waals surface area (Å²) in [6.07, 6.45) is 3.41. The summed E-state index contributed by atoms with van der Waals surface area (Å²) in [5.74, 6) is 0.0125. The molecule has 0 radical (unpaired) electrons. The van der Waals surface area contributed by atoms with E-state index in [0.717, 1.165) is 11.1 Å². The Morgan fingerprint density at radius 2 is 1.67 bits per heavy atom. The third kappa shape index (κ3) is 3.15. The number of carbonyl (C=O) groups is 1. The molecule has 0 atom stereocenters. The molecule has 0 saturated heterocycles. The molecule has 2 heteroatoms. The topological polar surface area (TPSA) is 43.1 Å². The smallest absolute Gasteiger partial charge is 0.185 e. The standard InChI is InChI=1S/C16H15NO/c17-12-14-8-6-13(7-9-14)10-11-16(18)15-4-2-1-3-5-15/h1-11H,12,17H2. The first-order valence-electron chi connectivity index (χ1n) is 5.86. The fourth-order valence-corrected chi connectivity index (χ4v) is 1.64. The fraction of sp³-hybridized carbons (Fsp3) is 0.0625. The maximum Gasteiger partial charge on any atom is 0.185 e.